The van der Waals surface area contributed by atoms with Crippen molar-refractivity contribution in [2.24, 2.45) is 0 Å². The van der Waals surface area contributed by atoms with Crippen LogP contribution in [0.4, 0.5) is 9.52 Å². The first kappa shape index (κ1) is 24.6. The van der Waals surface area contributed by atoms with Gasteiger partial charge in [0.25, 0.3) is 5.78 Å². The Morgan fingerprint density at radius 2 is 1.89 bits per heavy atom. The molecular formula is C29H25FN2O4S. The normalized spacial score (nSPS) is 17.1. The summed E-state index contributed by atoms with van der Waals surface area (Å²) < 4.78 is 20.4. The van der Waals surface area contributed by atoms with Gasteiger partial charge in [-0.25, -0.2) is 9.37 Å². The van der Waals surface area contributed by atoms with Gasteiger partial charge in [0, 0.05) is 5.56 Å². The van der Waals surface area contributed by atoms with E-state index in [0.29, 0.717) is 34.1 Å². The molecule has 188 valence electrons. The number of fused-ring (bicyclic) bond motifs is 1. The molecule has 6 nitrogen and oxygen atoms in total. The van der Waals surface area contributed by atoms with Gasteiger partial charge in [-0.05, 0) is 60.9 Å². The number of thiazole rings is 1. The summed E-state index contributed by atoms with van der Waals surface area (Å²) >= 11 is 1.28. The van der Waals surface area contributed by atoms with Crippen LogP contribution in [0.25, 0.3) is 16.0 Å². The van der Waals surface area contributed by atoms with Crippen molar-refractivity contribution in [1.82, 2.24) is 4.98 Å². The predicted octanol–water partition coefficient (Wildman–Crippen LogP) is 6.55. The molecule has 1 aliphatic heterocycles. The van der Waals surface area contributed by atoms with Crippen LogP contribution in [-0.4, -0.2) is 28.4 Å². The van der Waals surface area contributed by atoms with E-state index in [0.717, 1.165) is 23.1 Å². The van der Waals surface area contributed by atoms with Crippen LogP contribution in [0.3, 0.4) is 0 Å². The minimum Gasteiger partial charge on any atom is -0.507 e. The predicted molar refractivity (Wildman–Crippen MR) is 142 cm³/mol. The number of halogens is 1. The lowest BCUT2D eigenvalue weighted by Gasteiger charge is -2.23. The lowest BCUT2D eigenvalue weighted by Crippen LogP contribution is -2.29. The molecule has 1 atom stereocenters. The summed E-state index contributed by atoms with van der Waals surface area (Å²) in [6.07, 6.45) is 1.86. The SMILES string of the molecule is CCCCOc1cccc(/C(O)=C2\C(=O)C(=O)N(c3nc4ccc(C)cc4s3)C2c2ccc(F)cc2)c1. The van der Waals surface area contributed by atoms with E-state index in [9.17, 15) is 19.1 Å². The number of nitrogens with zero attached hydrogens (tertiary/aromatic N) is 2. The molecule has 1 unspecified atom stereocenters. The van der Waals surface area contributed by atoms with E-state index in [1.165, 1.54) is 40.5 Å². The molecular weight excluding hydrogens is 491 g/mol. The maximum atomic E-state index is 13.8. The molecule has 1 fully saturated rings. The number of rotatable bonds is 7. The monoisotopic (exact) mass is 516 g/mol. The number of carbonyl (C=O) groups excluding carboxylic acids is 2. The van der Waals surface area contributed by atoms with Gasteiger partial charge in [-0.2, -0.15) is 0 Å². The van der Waals surface area contributed by atoms with Crippen LogP contribution in [-0.2, 0) is 9.59 Å². The van der Waals surface area contributed by atoms with E-state index in [4.69, 9.17) is 4.74 Å². The quantitative estimate of drug-likeness (QED) is 0.130. The van der Waals surface area contributed by atoms with E-state index >= 15 is 0 Å². The number of hydrogen-bond donors (Lipinski definition) is 1. The fourth-order valence-corrected chi connectivity index (χ4v) is 5.43. The summed E-state index contributed by atoms with van der Waals surface area (Å²) in [7, 11) is 0. The highest BCUT2D eigenvalue weighted by Crippen LogP contribution is 2.44. The van der Waals surface area contributed by atoms with Crippen molar-refractivity contribution < 1.29 is 23.8 Å². The Bertz CT molecular complexity index is 1530. The van der Waals surface area contributed by atoms with E-state index in [1.807, 2.05) is 25.1 Å². The number of anilines is 1. The number of carbonyl (C=O) groups is 2. The van der Waals surface area contributed by atoms with Gasteiger partial charge in [-0.1, -0.05) is 55.0 Å². The third kappa shape index (κ3) is 4.72. The Morgan fingerprint density at radius 1 is 1.11 bits per heavy atom. The van der Waals surface area contributed by atoms with Crippen LogP contribution < -0.4 is 9.64 Å². The highest BCUT2D eigenvalue weighted by atomic mass is 32.1. The summed E-state index contributed by atoms with van der Waals surface area (Å²) in [5.74, 6) is -1.87. The Kier molecular flexibility index (Phi) is 6.76. The van der Waals surface area contributed by atoms with Crippen molar-refractivity contribution in [2.45, 2.75) is 32.7 Å². The summed E-state index contributed by atoms with van der Waals surface area (Å²) in [5, 5.41) is 11.7. The molecule has 1 amide bonds. The number of Topliss-reactive ketones (excluding diaryl/α,β-unsaturated/α-hetero) is 1. The van der Waals surface area contributed by atoms with Crippen molar-refractivity contribution in [1.29, 1.82) is 0 Å². The molecule has 1 aliphatic rings. The highest BCUT2D eigenvalue weighted by molar-refractivity contribution is 7.22. The van der Waals surface area contributed by atoms with Gasteiger partial charge in [0.2, 0.25) is 0 Å². The number of aromatic nitrogens is 1. The largest absolute Gasteiger partial charge is 0.507 e. The van der Waals surface area contributed by atoms with Crippen LogP contribution in [0.15, 0.2) is 72.3 Å². The molecule has 3 aromatic carbocycles. The standard InChI is InChI=1S/C29H25FN2O4S/c1-3-4-14-36-21-7-5-6-19(16-21)26(33)24-25(18-9-11-20(30)12-10-18)32(28(35)27(24)34)29-31-22-13-8-17(2)15-23(22)37-29/h5-13,15-16,25,33H,3-4,14H2,1-2H3/b26-24+. The Morgan fingerprint density at radius 3 is 2.65 bits per heavy atom. The molecule has 1 saturated heterocycles. The van der Waals surface area contributed by atoms with Gasteiger partial charge >= 0.3 is 5.91 Å². The van der Waals surface area contributed by atoms with Crippen molar-refractivity contribution in [2.75, 3.05) is 11.5 Å². The second-order valence-electron chi connectivity index (χ2n) is 8.92. The molecule has 0 bridgehead atoms. The lowest BCUT2D eigenvalue weighted by atomic mass is 9.95. The maximum absolute atomic E-state index is 13.8. The minimum atomic E-state index is -0.980. The van der Waals surface area contributed by atoms with E-state index in [-0.39, 0.29) is 11.3 Å². The van der Waals surface area contributed by atoms with Crippen LogP contribution >= 0.6 is 11.3 Å². The molecule has 0 radical (unpaired) electrons. The summed E-state index contributed by atoms with van der Waals surface area (Å²) in [4.78, 5) is 32.7. The van der Waals surface area contributed by atoms with Crippen molar-refractivity contribution in [3.8, 4) is 5.75 Å². The molecule has 0 aliphatic carbocycles. The van der Waals surface area contributed by atoms with Crippen LogP contribution in [0, 0.1) is 12.7 Å². The molecule has 8 heteroatoms. The third-order valence-corrected chi connectivity index (χ3v) is 7.26. The number of unbranched alkanes of at least 4 members (excludes halogenated alkanes) is 1. The lowest BCUT2D eigenvalue weighted by molar-refractivity contribution is -0.132. The molecule has 1 N–H and O–H groups in total. The molecule has 37 heavy (non-hydrogen) atoms. The second kappa shape index (κ2) is 10.1. The van der Waals surface area contributed by atoms with Crippen LogP contribution in [0.1, 0.15) is 42.5 Å². The van der Waals surface area contributed by atoms with Crippen LogP contribution in [0.2, 0.25) is 0 Å². The number of hydrogen-bond acceptors (Lipinski definition) is 6. The van der Waals surface area contributed by atoms with Gasteiger partial charge in [0.05, 0.1) is 28.4 Å². The molecule has 2 heterocycles. The number of benzene rings is 3. The zero-order chi connectivity index (χ0) is 26.1. The topological polar surface area (TPSA) is 79.7 Å². The fourth-order valence-electron chi connectivity index (χ4n) is 4.34. The van der Waals surface area contributed by atoms with Gasteiger partial charge in [-0.3, -0.25) is 14.5 Å². The third-order valence-electron chi connectivity index (χ3n) is 6.24. The number of aryl methyl sites for hydroxylation is 1. The van der Waals surface area contributed by atoms with E-state index < -0.39 is 23.5 Å². The number of aliphatic hydroxyl groups is 1. The Labute approximate surface area is 217 Å². The zero-order valence-corrected chi connectivity index (χ0v) is 21.2. The molecule has 1 aromatic heterocycles. The van der Waals surface area contributed by atoms with Gasteiger partial charge in [0.15, 0.2) is 5.13 Å². The van der Waals surface area contributed by atoms with Crippen molar-refractivity contribution >= 4 is 44.1 Å². The number of amides is 1. The Hall–Kier alpha value is -4.04. The molecule has 5 rings (SSSR count). The average Bonchev–Trinajstić information content (AvgIpc) is 3.42. The number of ether oxygens (including phenoxy) is 1. The van der Waals surface area contributed by atoms with Crippen molar-refractivity contribution in [3.63, 3.8) is 0 Å². The van der Waals surface area contributed by atoms with Gasteiger partial charge in [-0.15, -0.1) is 0 Å². The summed E-state index contributed by atoms with van der Waals surface area (Å²) in [6, 6.07) is 17.1. The first-order valence-corrected chi connectivity index (χ1v) is 12.9. The van der Waals surface area contributed by atoms with Crippen LogP contribution in [0.5, 0.6) is 5.75 Å². The minimum absolute atomic E-state index is 0.0854. The average molecular weight is 517 g/mol. The zero-order valence-electron chi connectivity index (χ0n) is 20.4. The van der Waals surface area contributed by atoms with Gasteiger partial charge in [0.1, 0.15) is 17.3 Å². The van der Waals surface area contributed by atoms with Crippen molar-refractivity contribution in [3.05, 3.63) is 94.8 Å². The van der Waals surface area contributed by atoms with E-state index in [1.54, 1.807) is 24.3 Å². The first-order chi connectivity index (χ1) is 17.9. The Balaban J connectivity index is 1.64. The van der Waals surface area contributed by atoms with E-state index in [2.05, 4.69) is 11.9 Å². The highest BCUT2D eigenvalue weighted by Gasteiger charge is 2.48. The fraction of sp³-hybridized carbons (Fsp3) is 0.207. The summed E-state index contributed by atoms with van der Waals surface area (Å²) in [5.41, 5.74) is 2.48. The number of ketones is 1. The molecule has 0 saturated carbocycles. The maximum Gasteiger partial charge on any atom is 0.301 e. The molecule has 0 spiro atoms. The summed E-state index contributed by atoms with van der Waals surface area (Å²) in [6.45, 7) is 4.55. The smallest absolute Gasteiger partial charge is 0.301 e. The van der Waals surface area contributed by atoms with Gasteiger partial charge < -0.3 is 9.84 Å². The second-order valence-corrected chi connectivity index (χ2v) is 9.93. The number of aliphatic hydroxyl groups excluding tert-OH is 1. The first-order valence-electron chi connectivity index (χ1n) is 12.0. The molecule has 4 aromatic rings.